The van der Waals surface area contributed by atoms with E-state index in [2.05, 4.69) is 20.0 Å². The lowest BCUT2D eigenvalue weighted by Gasteiger charge is -2.11. The van der Waals surface area contributed by atoms with Gasteiger partial charge >= 0.3 is 6.36 Å². The molecule has 0 aliphatic heterocycles. The van der Waals surface area contributed by atoms with Crippen LogP contribution in [-0.4, -0.2) is 40.0 Å². The molecule has 134 valence electrons. The fourth-order valence-corrected chi connectivity index (χ4v) is 2.03. The smallest absolute Gasteiger partial charge is 0.406 e. The van der Waals surface area contributed by atoms with E-state index < -0.39 is 18.3 Å². The summed E-state index contributed by atoms with van der Waals surface area (Å²) in [7, 11) is 0. The Hall–Kier alpha value is -2.39. The number of amides is 1. The van der Waals surface area contributed by atoms with Crippen molar-refractivity contribution in [2.24, 2.45) is 0 Å². The van der Waals surface area contributed by atoms with Crippen molar-refractivity contribution in [3.63, 3.8) is 0 Å². The second-order valence-electron chi connectivity index (χ2n) is 5.04. The first-order valence-corrected chi connectivity index (χ1v) is 7.38. The molecule has 10 heteroatoms. The molecule has 2 aromatic rings. The van der Waals surface area contributed by atoms with E-state index in [1.165, 1.54) is 18.2 Å². The molecule has 1 aromatic carbocycles. The predicted molar refractivity (Wildman–Crippen MR) is 83.2 cm³/mol. The van der Waals surface area contributed by atoms with Gasteiger partial charge in [0.2, 0.25) is 5.28 Å². The van der Waals surface area contributed by atoms with Gasteiger partial charge in [0.1, 0.15) is 11.4 Å². The monoisotopic (exact) mass is 375 g/mol. The van der Waals surface area contributed by atoms with Crippen LogP contribution in [0.4, 0.5) is 13.2 Å². The van der Waals surface area contributed by atoms with Crippen molar-refractivity contribution in [2.45, 2.75) is 19.3 Å². The highest BCUT2D eigenvalue weighted by Crippen LogP contribution is 2.26. The molecule has 0 saturated heterocycles. The largest absolute Gasteiger partial charge is 0.573 e. The Balaban J connectivity index is 2.26. The van der Waals surface area contributed by atoms with Gasteiger partial charge in [0.05, 0.1) is 12.3 Å². The molecule has 6 nitrogen and oxygen atoms in total. The Bertz CT molecular complexity index is 754. The minimum Gasteiger partial charge on any atom is -0.406 e. The first-order valence-electron chi connectivity index (χ1n) is 7.00. The topological polar surface area (TPSA) is 84.3 Å². The van der Waals surface area contributed by atoms with Gasteiger partial charge in [0.25, 0.3) is 5.91 Å². The lowest BCUT2D eigenvalue weighted by molar-refractivity contribution is -0.274. The summed E-state index contributed by atoms with van der Waals surface area (Å²) in [4.78, 5) is 19.8. The first-order chi connectivity index (χ1) is 11.7. The summed E-state index contributed by atoms with van der Waals surface area (Å²) in [6.45, 7) is 1.35. The quantitative estimate of drug-likeness (QED) is 0.785. The van der Waals surface area contributed by atoms with E-state index in [1.54, 1.807) is 6.92 Å². The van der Waals surface area contributed by atoms with Gasteiger partial charge in [-0.3, -0.25) is 4.79 Å². The van der Waals surface area contributed by atoms with Crippen LogP contribution in [-0.2, 0) is 0 Å². The second kappa shape index (κ2) is 7.66. The molecule has 2 rings (SSSR count). The zero-order valence-electron chi connectivity index (χ0n) is 12.8. The van der Waals surface area contributed by atoms with Crippen molar-refractivity contribution in [3.05, 3.63) is 41.3 Å². The molecule has 1 unspecified atom stereocenters. The van der Waals surface area contributed by atoms with Crippen LogP contribution in [0.3, 0.4) is 0 Å². The van der Waals surface area contributed by atoms with Crippen molar-refractivity contribution in [3.8, 4) is 17.0 Å². The zero-order chi connectivity index (χ0) is 18.6. The normalized spacial score (nSPS) is 12.6. The molecule has 1 heterocycles. The van der Waals surface area contributed by atoms with Crippen molar-refractivity contribution in [1.29, 1.82) is 0 Å². The Kier molecular flexibility index (Phi) is 5.81. The number of ether oxygens (including phenoxy) is 1. The molecule has 0 bridgehead atoms. The van der Waals surface area contributed by atoms with Crippen LogP contribution < -0.4 is 10.1 Å². The number of aliphatic hydroxyl groups excluding tert-OH is 1. The number of hydrogen-bond acceptors (Lipinski definition) is 5. The SMILES string of the molecule is CC(CO)NC(=O)c1cc(-c2ccc(OC(F)(F)F)cc2)nc(Cl)n1. The first kappa shape index (κ1) is 18.9. The van der Waals surface area contributed by atoms with E-state index in [4.69, 9.17) is 16.7 Å². The highest BCUT2D eigenvalue weighted by molar-refractivity contribution is 6.28. The Morgan fingerprint density at radius 2 is 1.96 bits per heavy atom. The van der Waals surface area contributed by atoms with Gasteiger partial charge in [-0.25, -0.2) is 9.97 Å². The number of carbonyl (C=O) groups excluding carboxylic acids is 1. The molecule has 0 saturated carbocycles. The Morgan fingerprint density at radius 1 is 1.32 bits per heavy atom. The number of aromatic nitrogens is 2. The van der Waals surface area contributed by atoms with Crippen LogP contribution in [0, 0.1) is 0 Å². The Labute approximate surface area is 145 Å². The third kappa shape index (κ3) is 5.57. The number of aliphatic hydroxyl groups is 1. The molecule has 0 spiro atoms. The molecule has 1 amide bonds. The summed E-state index contributed by atoms with van der Waals surface area (Å²) >= 11 is 5.81. The standard InChI is InChI=1S/C15H13ClF3N3O3/c1-8(7-23)20-13(24)12-6-11(21-14(16)22-12)9-2-4-10(5-3-9)25-15(17,18)19/h2-6,8,23H,7H2,1H3,(H,20,24). The third-order valence-corrected chi connectivity index (χ3v) is 3.14. The van der Waals surface area contributed by atoms with Crippen LogP contribution in [0.1, 0.15) is 17.4 Å². The van der Waals surface area contributed by atoms with Crippen LogP contribution in [0.25, 0.3) is 11.3 Å². The summed E-state index contributed by atoms with van der Waals surface area (Å²) in [6.07, 6.45) is -4.78. The maximum absolute atomic E-state index is 12.2. The molecule has 0 aliphatic rings. The average molecular weight is 376 g/mol. The van der Waals surface area contributed by atoms with Gasteiger partial charge in [-0.15, -0.1) is 13.2 Å². The maximum atomic E-state index is 12.2. The molecule has 0 fully saturated rings. The van der Waals surface area contributed by atoms with Gasteiger partial charge < -0.3 is 15.2 Å². The number of benzene rings is 1. The van der Waals surface area contributed by atoms with Crippen LogP contribution in [0.15, 0.2) is 30.3 Å². The van der Waals surface area contributed by atoms with E-state index in [0.29, 0.717) is 5.56 Å². The summed E-state index contributed by atoms with van der Waals surface area (Å²) in [5, 5.41) is 11.3. The molecule has 0 radical (unpaired) electrons. The number of carbonyl (C=O) groups is 1. The number of alkyl halides is 3. The molecule has 2 N–H and O–H groups in total. The molecule has 1 aromatic heterocycles. The van der Waals surface area contributed by atoms with Gasteiger partial charge in [0.15, 0.2) is 0 Å². The zero-order valence-corrected chi connectivity index (χ0v) is 13.6. The van der Waals surface area contributed by atoms with E-state index in [0.717, 1.165) is 12.1 Å². The molecular weight excluding hydrogens is 363 g/mol. The van der Waals surface area contributed by atoms with E-state index in [-0.39, 0.29) is 29.0 Å². The third-order valence-electron chi connectivity index (χ3n) is 2.97. The van der Waals surface area contributed by atoms with Gasteiger partial charge in [-0.1, -0.05) is 0 Å². The molecular formula is C15H13ClF3N3O3. The van der Waals surface area contributed by atoms with Crippen molar-refractivity contribution in [1.82, 2.24) is 15.3 Å². The Morgan fingerprint density at radius 3 is 2.52 bits per heavy atom. The molecule has 0 aliphatic carbocycles. The van der Waals surface area contributed by atoms with Crippen LogP contribution in [0.5, 0.6) is 5.75 Å². The molecule has 25 heavy (non-hydrogen) atoms. The summed E-state index contributed by atoms with van der Waals surface area (Å²) in [5.74, 6) is -0.949. The van der Waals surface area contributed by atoms with Crippen molar-refractivity contribution < 1.29 is 27.8 Å². The number of hydrogen-bond donors (Lipinski definition) is 2. The highest BCUT2D eigenvalue weighted by atomic mass is 35.5. The number of nitrogens with zero attached hydrogens (tertiary/aromatic N) is 2. The van der Waals surface area contributed by atoms with E-state index >= 15 is 0 Å². The minimum absolute atomic E-state index is 0.0362. The molecule has 1 atom stereocenters. The summed E-state index contributed by atoms with van der Waals surface area (Å²) in [6, 6.07) is 5.78. The predicted octanol–water partition coefficient (Wildman–Crippen LogP) is 2.81. The summed E-state index contributed by atoms with van der Waals surface area (Å²) in [5.41, 5.74) is 0.634. The van der Waals surface area contributed by atoms with Gasteiger partial charge in [-0.05, 0) is 48.9 Å². The fourth-order valence-electron chi connectivity index (χ4n) is 1.85. The van der Waals surface area contributed by atoms with Gasteiger partial charge in [-0.2, -0.15) is 0 Å². The van der Waals surface area contributed by atoms with Crippen molar-refractivity contribution >= 4 is 17.5 Å². The van der Waals surface area contributed by atoms with Crippen LogP contribution in [0.2, 0.25) is 5.28 Å². The number of halogens is 4. The lowest BCUT2D eigenvalue weighted by Crippen LogP contribution is -2.35. The minimum atomic E-state index is -4.78. The van der Waals surface area contributed by atoms with Crippen LogP contribution >= 0.6 is 11.6 Å². The number of rotatable bonds is 5. The average Bonchev–Trinajstić information content (AvgIpc) is 2.53. The lowest BCUT2D eigenvalue weighted by atomic mass is 10.1. The summed E-state index contributed by atoms with van der Waals surface area (Å²) < 4.78 is 40.3. The maximum Gasteiger partial charge on any atom is 0.573 e. The number of nitrogens with one attached hydrogen (secondary N) is 1. The van der Waals surface area contributed by atoms with Crippen molar-refractivity contribution in [2.75, 3.05) is 6.61 Å². The fraction of sp³-hybridized carbons (Fsp3) is 0.267. The van der Waals surface area contributed by atoms with E-state index in [1.807, 2.05) is 0 Å². The van der Waals surface area contributed by atoms with Gasteiger partial charge in [0, 0.05) is 11.6 Å². The highest BCUT2D eigenvalue weighted by Gasteiger charge is 2.31. The second-order valence-corrected chi connectivity index (χ2v) is 5.37. The van der Waals surface area contributed by atoms with E-state index in [9.17, 15) is 18.0 Å².